The van der Waals surface area contributed by atoms with E-state index in [1.807, 2.05) is 0 Å². The minimum Gasteiger partial charge on any atom is -0.302 e. The molecule has 1 N–H and O–H groups in total. The molecule has 1 aliphatic carbocycles. The van der Waals surface area contributed by atoms with Gasteiger partial charge in [0.1, 0.15) is 5.15 Å². The first kappa shape index (κ1) is 11.2. The maximum Gasteiger partial charge on any atom is 0.171 e. The highest BCUT2D eigenvalue weighted by molar-refractivity contribution is 9.10. The van der Waals surface area contributed by atoms with Crippen LogP contribution in [0.2, 0.25) is 5.15 Å². The van der Waals surface area contributed by atoms with E-state index in [1.54, 1.807) is 10.7 Å². The number of fused-ring (bicyclic) bond motifs is 3. The van der Waals surface area contributed by atoms with E-state index in [2.05, 4.69) is 26.3 Å². The van der Waals surface area contributed by atoms with Gasteiger partial charge >= 0.3 is 0 Å². The molecule has 18 heavy (non-hydrogen) atoms. The molecular weight excluding hydrogens is 316 g/mol. The minimum atomic E-state index is 0.0600. The monoisotopic (exact) mass is 326 g/mol. The van der Waals surface area contributed by atoms with Gasteiger partial charge in [-0.15, -0.1) is 0 Å². The van der Waals surface area contributed by atoms with Gasteiger partial charge in [-0.2, -0.15) is 5.10 Å². The minimum absolute atomic E-state index is 0.0600. The van der Waals surface area contributed by atoms with Gasteiger partial charge in [-0.05, 0) is 28.8 Å². The van der Waals surface area contributed by atoms with Crippen LogP contribution in [0.25, 0.3) is 5.65 Å². The van der Waals surface area contributed by atoms with Crippen LogP contribution in [0, 0.1) is 0 Å². The summed E-state index contributed by atoms with van der Waals surface area (Å²) in [5, 5.41) is 8.57. The molecule has 94 valence electrons. The van der Waals surface area contributed by atoms with E-state index in [4.69, 9.17) is 16.6 Å². The third kappa shape index (κ3) is 1.30. The lowest BCUT2D eigenvalue weighted by Gasteiger charge is -2.23. The summed E-state index contributed by atoms with van der Waals surface area (Å²) in [6.45, 7) is 0.800. The van der Waals surface area contributed by atoms with E-state index in [0.717, 1.165) is 40.8 Å². The van der Waals surface area contributed by atoms with Crippen molar-refractivity contribution < 1.29 is 0 Å². The van der Waals surface area contributed by atoms with Crippen LogP contribution in [-0.2, 0) is 12.1 Å². The Bertz CT molecular complexity index is 645. The highest BCUT2D eigenvalue weighted by atomic mass is 79.9. The highest BCUT2D eigenvalue weighted by Gasteiger charge is 2.43. The van der Waals surface area contributed by atoms with Gasteiger partial charge in [-0.3, -0.25) is 0 Å². The zero-order chi connectivity index (χ0) is 12.3. The lowest BCUT2D eigenvalue weighted by atomic mass is 9.94. The Kier molecular flexibility index (Phi) is 2.29. The lowest BCUT2D eigenvalue weighted by molar-refractivity contribution is 0.365. The average molecular weight is 328 g/mol. The summed E-state index contributed by atoms with van der Waals surface area (Å²) in [4.78, 5) is 4.82. The Morgan fingerprint density at radius 2 is 2.17 bits per heavy atom. The molecule has 0 aromatic carbocycles. The number of hydrogen-bond donors (Lipinski definition) is 1. The Morgan fingerprint density at radius 1 is 1.39 bits per heavy atom. The molecular formula is C12H12BrClN4. The molecule has 0 radical (unpaired) electrons. The molecule has 1 fully saturated rings. The molecule has 2 aromatic heterocycles. The molecule has 2 aliphatic rings. The second kappa shape index (κ2) is 3.68. The van der Waals surface area contributed by atoms with Crippen LogP contribution in [0.1, 0.15) is 36.9 Å². The molecule has 1 aliphatic heterocycles. The van der Waals surface area contributed by atoms with E-state index in [9.17, 15) is 0 Å². The summed E-state index contributed by atoms with van der Waals surface area (Å²) in [6, 6.07) is 0. The number of halogens is 2. The standard InChI is InChI=1S/C12H12BrClN4/c13-8-6-16-18-10(14)7-5-15-12(3-1-2-4-12)9(7)17-11(8)18/h6,15H,1-5H2. The van der Waals surface area contributed by atoms with Crippen LogP contribution in [-0.4, -0.2) is 14.6 Å². The molecule has 1 saturated carbocycles. The SMILES string of the molecule is Clc1c2c(nc3c(Br)cnn13)C1(CCCC1)NC2. The van der Waals surface area contributed by atoms with Crippen molar-refractivity contribution in [2.45, 2.75) is 37.8 Å². The van der Waals surface area contributed by atoms with Crippen molar-refractivity contribution in [3.63, 3.8) is 0 Å². The molecule has 0 bridgehead atoms. The predicted molar refractivity (Wildman–Crippen MR) is 72.7 cm³/mol. The largest absolute Gasteiger partial charge is 0.302 e. The molecule has 0 atom stereocenters. The molecule has 4 nitrogen and oxygen atoms in total. The molecule has 3 heterocycles. The molecule has 4 rings (SSSR count). The van der Waals surface area contributed by atoms with Crippen molar-refractivity contribution in [1.82, 2.24) is 19.9 Å². The molecule has 6 heteroatoms. The number of nitrogens with zero attached hydrogens (tertiary/aromatic N) is 3. The van der Waals surface area contributed by atoms with Crippen molar-refractivity contribution in [1.29, 1.82) is 0 Å². The average Bonchev–Trinajstić information content (AvgIpc) is 3.05. The van der Waals surface area contributed by atoms with Crippen molar-refractivity contribution in [2.75, 3.05) is 0 Å². The third-order valence-corrected chi connectivity index (χ3v) is 5.10. The smallest absolute Gasteiger partial charge is 0.171 e. The summed E-state index contributed by atoms with van der Waals surface area (Å²) in [5.41, 5.74) is 3.12. The first-order chi connectivity index (χ1) is 8.71. The van der Waals surface area contributed by atoms with E-state index in [1.165, 1.54) is 12.8 Å². The van der Waals surface area contributed by atoms with Crippen LogP contribution in [0.3, 0.4) is 0 Å². The summed E-state index contributed by atoms with van der Waals surface area (Å²) < 4.78 is 2.60. The second-order valence-electron chi connectivity index (χ2n) is 5.10. The van der Waals surface area contributed by atoms with Crippen LogP contribution in [0.4, 0.5) is 0 Å². The summed E-state index contributed by atoms with van der Waals surface area (Å²) in [5.74, 6) is 0. The topological polar surface area (TPSA) is 42.2 Å². The normalized spacial score (nSPS) is 21.0. The zero-order valence-electron chi connectivity index (χ0n) is 9.71. The van der Waals surface area contributed by atoms with Crippen molar-refractivity contribution >= 4 is 33.2 Å². The summed E-state index contributed by atoms with van der Waals surface area (Å²) >= 11 is 9.94. The van der Waals surface area contributed by atoms with Crippen LogP contribution < -0.4 is 5.32 Å². The first-order valence-corrected chi connectivity index (χ1v) is 7.35. The van der Waals surface area contributed by atoms with Gasteiger partial charge in [-0.1, -0.05) is 24.4 Å². The molecule has 0 amide bonds. The fourth-order valence-corrected chi connectivity index (χ4v) is 3.88. The number of hydrogen-bond acceptors (Lipinski definition) is 3. The van der Waals surface area contributed by atoms with Crippen molar-refractivity contribution in [2.24, 2.45) is 0 Å². The zero-order valence-corrected chi connectivity index (χ0v) is 12.1. The van der Waals surface area contributed by atoms with E-state index in [-0.39, 0.29) is 5.54 Å². The van der Waals surface area contributed by atoms with Crippen LogP contribution in [0.15, 0.2) is 10.7 Å². The van der Waals surface area contributed by atoms with Crippen molar-refractivity contribution in [3.8, 4) is 0 Å². The molecule has 0 unspecified atom stereocenters. The van der Waals surface area contributed by atoms with Gasteiger partial charge in [0.2, 0.25) is 0 Å². The van der Waals surface area contributed by atoms with Gasteiger partial charge in [0, 0.05) is 12.1 Å². The molecule has 0 saturated heterocycles. The van der Waals surface area contributed by atoms with Crippen LogP contribution in [0.5, 0.6) is 0 Å². The fourth-order valence-electron chi connectivity index (χ4n) is 3.25. The van der Waals surface area contributed by atoms with E-state index < -0.39 is 0 Å². The third-order valence-electron chi connectivity index (χ3n) is 4.15. The summed E-state index contributed by atoms with van der Waals surface area (Å²) in [6.07, 6.45) is 6.59. The van der Waals surface area contributed by atoms with E-state index >= 15 is 0 Å². The predicted octanol–water partition coefficient (Wildman–Crippen LogP) is 3.02. The van der Waals surface area contributed by atoms with Crippen molar-refractivity contribution in [3.05, 3.63) is 27.1 Å². The molecule has 2 aromatic rings. The first-order valence-electron chi connectivity index (χ1n) is 6.18. The van der Waals surface area contributed by atoms with E-state index in [0.29, 0.717) is 5.15 Å². The maximum atomic E-state index is 6.46. The van der Waals surface area contributed by atoms with Gasteiger partial charge in [0.25, 0.3) is 0 Å². The number of nitrogens with one attached hydrogen (secondary N) is 1. The Labute approximate surface area is 118 Å². The quantitative estimate of drug-likeness (QED) is 0.756. The van der Waals surface area contributed by atoms with Crippen LogP contribution >= 0.6 is 27.5 Å². The van der Waals surface area contributed by atoms with Gasteiger partial charge in [0.15, 0.2) is 5.65 Å². The lowest BCUT2D eigenvalue weighted by Crippen LogP contribution is -2.33. The summed E-state index contributed by atoms with van der Waals surface area (Å²) in [7, 11) is 0. The fraction of sp³-hybridized carbons (Fsp3) is 0.500. The Hall–Kier alpha value is -0.650. The Balaban J connectivity index is 2.04. The number of aromatic nitrogens is 3. The molecule has 1 spiro atoms. The Morgan fingerprint density at radius 3 is 2.94 bits per heavy atom. The number of rotatable bonds is 0. The van der Waals surface area contributed by atoms with Gasteiger partial charge < -0.3 is 5.32 Å². The second-order valence-corrected chi connectivity index (χ2v) is 6.31. The van der Waals surface area contributed by atoms with Gasteiger partial charge in [0.05, 0.1) is 21.9 Å². The maximum absolute atomic E-state index is 6.46. The highest BCUT2D eigenvalue weighted by Crippen LogP contribution is 2.45. The van der Waals surface area contributed by atoms with Gasteiger partial charge in [-0.25, -0.2) is 9.50 Å².